The number of hydrogen-bond acceptors (Lipinski definition) is 6. The number of sulfonamides is 1. The van der Waals surface area contributed by atoms with Gasteiger partial charge in [-0.2, -0.15) is 4.31 Å². The molecule has 0 saturated carbocycles. The fourth-order valence-corrected chi connectivity index (χ4v) is 5.51. The van der Waals surface area contributed by atoms with Gasteiger partial charge in [-0.05, 0) is 36.2 Å². The Morgan fingerprint density at radius 3 is 2.39 bits per heavy atom. The molecule has 0 unspecified atom stereocenters. The summed E-state index contributed by atoms with van der Waals surface area (Å²) in [4.78, 5) is 19.9. The maximum atomic E-state index is 13.6. The van der Waals surface area contributed by atoms with Crippen LogP contribution in [0.25, 0.3) is 12.2 Å². The minimum Gasteiger partial charge on any atom is -0.472 e. The minimum atomic E-state index is -3.74. The van der Waals surface area contributed by atoms with Gasteiger partial charge in [0.05, 0.1) is 24.1 Å². The van der Waals surface area contributed by atoms with E-state index in [9.17, 15) is 18.3 Å². The largest absolute Gasteiger partial charge is 0.472 e. The van der Waals surface area contributed by atoms with Crippen molar-refractivity contribution < 1.29 is 23.1 Å². The molecule has 3 aromatic rings. The molecule has 1 aliphatic heterocycles. The Hall–Kier alpha value is -3.53. The van der Waals surface area contributed by atoms with E-state index in [1.54, 1.807) is 54.4 Å². The Labute approximate surface area is 224 Å². The third-order valence-corrected chi connectivity index (χ3v) is 8.54. The molecule has 9 heteroatoms. The molecule has 0 fully saturated rings. The number of aliphatic hydroxyl groups is 1. The number of ether oxygens (including phenoxy) is 1. The third-order valence-electron chi connectivity index (χ3n) is 6.70. The molecule has 38 heavy (non-hydrogen) atoms. The van der Waals surface area contributed by atoms with Crippen molar-refractivity contribution in [1.82, 2.24) is 14.2 Å². The number of nitrogens with zero attached hydrogens (tertiary/aromatic N) is 3. The summed E-state index contributed by atoms with van der Waals surface area (Å²) < 4.78 is 33.8. The van der Waals surface area contributed by atoms with Gasteiger partial charge in [0.25, 0.3) is 5.91 Å². The lowest BCUT2D eigenvalue weighted by atomic mass is 10.00. The number of fused-ring (bicyclic) bond motifs is 1. The SMILES string of the molecule is C[C@H](CO)N1C[C@H](C)[C@H](CN(C)S(=O)(=O)c2ccccc2)Oc2ncc(/C=C/c3ccccc3)cc2C1=O. The molecule has 8 nitrogen and oxygen atoms in total. The first-order chi connectivity index (χ1) is 18.2. The van der Waals surface area contributed by atoms with Gasteiger partial charge in [0.2, 0.25) is 15.9 Å². The lowest BCUT2D eigenvalue weighted by Crippen LogP contribution is -2.50. The van der Waals surface area contributed by atoms with E-state index in [1.807, 2.05) is 49.4 Å². The zero-order chi connectivity index (χ0) is 27.3. The molecule has 4 rings (SSSR count). The van der Waals surface area contributed by atoms with Crippen molar-refractivity contribution in [2.75, 3.05) is 26.7 Å². The van der Waals surface area contributed by atoms with Crippen LogP contribution in [0.1, 0.15) is 35.3 Å². The number of carbonyl (C=O) groups is 1. The first-order valence-electron chi connectivity index (χ1n) is 12.5. The highest BCUT2D eigenvalue weighted by Crippen LogP contribution is 2.28. The second-order valence-electron chi connectivity index (χ2n) is 9.59. The van der Waals surface area contributed by atoms with Crippen molar-refractivity contribution in [2.24, 2.45) is 5.92 Å². The average Bonchev–Trinajstić information content (AvgIpc) is 2.94. The molecule has 0 aliphatic carbocycles. The van der Waals surface area contributed by atoms with Crippen LogP contribution in [0.3, 0.4) is 0 Å². The molecule has 1 aliphatic rings. The van der Waals surface area contributed by atoms with E-state index >= 15 is 0 Å². The van der Waals surface area contributed by atoms with Crippen LogP contribution in [0.2, 0.25) is 0 Å². The summed E-state index contributed by atoms with van der Waals surface area (Å²) >= 11 is 0. The van der Waals surface area contributed by atoms with E-state index in [0.29, 0.717) is 0 Å². The van der Waals surface area contributed by atoms with Crippen LogP contribution in [0.5, 0.6) is 5.88 Å². The summed E-state index contributed by atoms with van der Waals surface area (Å²) in [7, 11) is -2.23. The molecule has 0 bridgehead atoms. The van der Waals surface area contributed by atoms with E-state index in [0.717, 1.165) is 11.1 Å². The van der Waals surface area contributed by atoms with Gasteiger partial charge in [0.1, 0.15) is 11.7 Å². The van der Waals surface area contributed by atoms with Crippen LogP contribution in [0.15, 0.2) is 77.8 Å². The number of amides is 1. The molecule has 0 radical (unpaired) electrons. The van der Waals surface area contributed by atoms with Gasteiger partial charge in [0.15, 0.2) is 0 Å². The first-order valence-corrected chi connectivity index (χ1v) is 14.0. The van der Waals surface area contributed by atoms with Crippen molar-refractivity contribution in [2.45, 2.75) is 30.9 Å². The summed E-state index contributed by atoms with van der Waals surface area (Å²) in [6.07, 6.45) is 4.84. The van der Waals surface area contributed by atoms with Crippen molar-refractivity contribution in [3.8, 4) is 5.88 Å². The normalized spacial score (nSPS) is 19.1. The predicted molar refractivity (Wildman–Crippen MR) is 147 cm³/mol. The first kappa shape index (κ1) is 27.5. The van der Waals surface area contributed by atoms with Crippen LogP contribution in [0, 0.1) is 5.92 Å². The molecular weight excluding hydrogens is 502 g/mol. The lowest BCUT2D eigenvalue weighted by Gasteiger charge is -2.37. The highest BCUT2D eigenvalue weighted by Gasteiger charge is 2.35. The molecule has 1 N–H and O–H groups in total. The van der Waals surface area contributed by atoms with Gasteiger partial charge >= 0.3 is 0 Å². The highest BCUT2D eigenvalue weighted by molar-refractivity contribution is 7.89. The molecule has 3 atom stereocenters. The van der Waals surface area contributed by atoms with Gasteiger partial charge in [-0.1, -0.05) is 67.6 Å². The van der Waals surface area contributed by atoms with Crippen LogP contribution >= 0.6 is 0 Å². The number of carbonyl (C=O) groups excluding carboxylic acids is 1. The summed E-state index contributed by atoms with van der Waals surface area (Å²) in [5, 5.41) is 9.87. The number of aliphatic hydroxyl groups excluding tert-OH is 1. The summed E-state index contributed by atoms with van der Waals surface area (Å²) in [6, 6.07) is 19.3. The molecule has 0 saturated heterocycles. The van der Waals surface area contributed by atoms with Crippen molar-refractivity contribution >= 4 is 28.1 Å². The molecular formula is C29H33N3O5S. The predicted octanol–water partition coefficient (Wildman–Crippen LogP) is 3.79. The van der Waals surface area contributed by atoms with E-state index in [-0.39, 0.29) is 47.9 Å². The van der Waals surface area contributed by atoms with Gasteiger partial charge in [-0.25, -0.2) is 13.4 Å². The second-order valence-corrected chi connectivity index (χ2v) is 11.6. The van der Waals surface area contributed by atoms with Crippen LogP contribution in [-0.4, -0.2) is 72.5 Å². The zero-order valence-corrected chi connectivity index (χ0v) is 22.6. The number of rotatable bonds is 8. The number of benzene rings is 2. The van der Waals surface area contributed by atoms with Gasteiger partial charge in [-0.3, -0.25) is 4.79 Å². The standard InChI is InChI=1S/C29H33N3O5S/c1-21-18-32(22(2)20-33)29(34)26-16-24(15-14-23-10-6-4-7-11-23)17-30-28(26)37-27(21)19-31(3)38(35,36)25-12-8-5-9-13-25/h4-17,21-22,27,33H,18-20H2,1-3H3/b15-14+/t21-,22+,27-/m0/s1. The second kappa shape index (κ2) is 11.9. The number of likely N-dealkylation sites (N-methyl/N-ethyl adjacent to an activating group) is 1. The minimum absolute atomic E-state index is 0.0602. The van der Waals surface area contributed by atoms with Gasteiger partial charge in [0, 0.05) is 25.7 Å². The molecule has 1 amide bonds. The summed E-state index contributed by atoms with van der Waals surface area (Å²) in [5.74, 6) is -0.391. The molecule has 2 heterocycles. The van der Waals surface area contributed by atoms with Crippen molar-refractivity contribution in [3.05, 3.63) is 89.6 Å². The van der Waals surface area contributed by atoms with Gasteiger partial charge in [-0.15, -0.1) is 0 Å². The van der Waals surface area contributed by atoms with Crippen LogP contribution in [0.4, 0.5) is 0 Å². The lowest BCUT2D eigenvalue weighted by molar-refractivity contribution is 0.0373. The number of pyridine rings is 1. The smallest absolute Gasteiger partial charge is 0.259 e. The Morgan fingerprint density at radius 2 is 1.74 bits per heavy atom. The Kier molecular flexibility index (Phi) is 8.61. The van der Waals surface area contributed by atoms with Crippen LogP contribution < -0.4 is 4.74 Å². The molecule has 200 valence electrons. The monoisotopic (exact) mass is 535 g/mol. The summed E-state index contributed by atoms with van der Waals surface area (Å²) in [6.45, 7) is 3.82. The van der Waals surface area contributed by atoms with Crippen molar-refractivity contribution in [1.29, 1.82) is 0 Å². The van der Waals surface area contributed by atoms with Crippen molar-refractivity contribution in [3.63, 3.8) is 0 Å². The number of hydrogen-bond donors (Lipinski definition) is 1. The fraction of sp³-hybridized carbons (Fsp3) is 0.310. The van der Waals surface area contributed by atoms with E-state index in [2.05, 4.69) is 4.98 Å². The van der Waals surface area contributed by atoms with Crippen LogP contribution in [-0.2, 0) is 10.0 Å². The Balaban J connectivity index is 1.67. The topological polar surface area (TPSA) is 100 Å². The molecule has 1 aromatic heterocycles. The third kappa shape index (κ3) is 6.12. The summed E-state index contributed by atoms with van der Waals surface area (Å²) in [5.41, 5.74) is 2.00. The zero-order valence-electron chi connectivity index (χ0n) is 21.8. The maximum absolute atomic E-state index is 13.6. The fourth-order valence-electron chi connectivity index (χ4n) is 4.31. The Morgan fingerprint density at radius 1 is 1.11 bits per heavy atom. The van der Waals surface area contributed by atoms with E-state index in [4.69, 9.17) is 4.74 Å². The maximum Gasteiger partial charge on any atom is 0.259 e. The quantitative estimate of drug-likeness (QED) is 0.471. The Bertz CT molecular complexity index is 1380. The van der Waals surface area contributed by atoms with E-state index < -0.39 is 22.2 Å². The number of aromatic nitrogens is 1. The van der Waals surface area contributed by atoms with E-state index in [1.165, 1.54) is 11.4 Å². The molecule has 2 aromatic carbocycles. The molecule has 0 spiro atoms. The average molecular weight is 536 g/mol. The highest BCUT2D eigenvalue weighted by atomic mass is 32.2. The van der Waals surface area contributed by atoms with Gasteiger partial charge < -0.3 is 14.7 Å².